The number of amides is 1. The summed E-state index contributed by atoms with van der Waals surface area (Å²) in [6, 6.07) is 10.3. The van der Waals surface area contributed by atoms with Crippen molar-refractivity contribution in [3.05, 3.63) is 93.1 Å². The minimum Gasteiger partial charge on any atom is -0.508 e. The Bertz CT molecular complexity index is 2680. The molecule has 1 amide bonds. The fourth-order valence-electron chi connectivity index (χ4n) is 11.3. The van der Waals surface area contributed by atoms with Crippen LogP contribution in [0.5, 0.6) is 17.2 Å². The average Bonchev–Trinajstić information content (AvgIpc) is 4.04. The second-order valence-corrected chi connectivity index (χ2v) is 18.8. The highest BCUT2D eigenvalue weighted by molar-refractivity contribution is 5.92. The van der Waals surface area contributed by atoms with Crippen molar-refractivity contribution in [2.45, 2.75) is 100 Å². The first-order chi connectivity index (χ1) is 31.7. The summed E-state index contributed by atoms with van der Waals surface area (Å²) in [5.74, 6) is 0.602. The topological polar surface area (TPSA) is 257 Å². The molecule has 1 spiro atoms. The Balaban J connectivity index is 1.15. The van der Waals surface area contributed by atoms with Crippen LogP contribution in [-0.2, 0) is 27.4 Å². The highest BCUT2D eigenvalue weighted by Crippen LogP contribution is 2.53. The molecular weight excluding hydrogens is 853 g/mol. The molecule has 1 aliphatic carbocycles. The Labute approximate surface area is 380 Å². The van der Waals surface area contributed by atoms with Crippen molar-refractivity contribution in [2.75, 3.05) is 33.4 Å². The van der Waals surface area contributed by atoms with Crippen molar-refractivity contribution < 1.29 is 64.4 Å². The summed E-state index contributed by atoms with van der Waals surface area (Å²) < 4.78 is 14.1. The van der Waals surface area contributed by atoms with Crippen LogP contribution in [0.3, 0.4) is 0 Å². The number of benzene rings is 3. The second kappa shape index (κ2) is 18.1. The van der Waals surface area contributed by atoms with Crippen LogP contribution in [0, 0.1) is 24.7 Å². The third-order valence-corrected chi connectivity index (χ3v) is 14.7. The number of nitrogens with zero attached hydrogens (tertiary/aromatic N) is 1. The van der Waals surface area contributed by atoms with Gasteiger partial charge >= 0.3 is 0 Å². The first-order valence-electron chi connectivity index (χ1n) is 22.8. The van der Waals surface area contributed by atoms with Crippen LogP contribution in [-0.4, -0.2) is 123 Å². The van der Waals surface area contributed by atoms with Crippen LogP contribution in [0.1, 0.15) is 55.9 Å². The van der Waals surface area contributed by atoms with Gasteiger partial charge in [0.2, 0.25) is 17.2 Å². The summed E-state index contributed by atoms with van der Waals surface area (Å²) in [7, 11) is 1.86. The summed E-state index contributed by atoms with van der Waals surface area (Å²) in [6.07, 6.45) is 1.71. The number of aliphatic hydroxyl groups excluding tert-OH is 4. The van der Waals surface area contributed by atoms with E-state index in [4.69, 9.17) is 18.9 Å². The van der Waals surface area contributed by atoms with Crippen molar-refractivity contribution in [2.24, 2.45) is 22.7 Å². The molecule has 2 fully saturated rings. The fourth-order valence-corrected chi connectivity index (χ4v) is 11.3. The highest BCUT2D eigenvalue weighted by Gasteiger charge is 2.58. The number of carbonyl (C=O) groups excluding carboxylic acids is 1. The van der Waals surface area contributed by atoms with E-state index in [-0.39, 0.29) is 53.1 Å². The van der Waals surface area contributed by atoms with Crippen LogP contribution in [0.4, 0.5) is 5.69 Å². The number of aliphatic hydroxyl groups is 5. The highest BCUT2D eigenvalue weighted by atomic mass is 17.2. The zero-order chi connectivity index (χ0) is 46.7. The molecule has 4 aliphatic heterocycles. The monoisotopic (exact) mass is 911 g/mol. The van der Waals surface area contributed by atoms with E-state index in [1.54, 1.807) is 19.2 Å². The molecule has 11 atom stereocenters. The van der Waals surface area contributed by atoms with Crippen molar-refractivity contribution in [1.29, 1.82) is 0 Å². The van der Waals surface area contributed by atoms with Gasteiger partial charge in [0.1, 0.15) is 77.4 Å². The number of hydrogen-bond acceptors (Lipinski definition) is 15. The van der Waals surface area contributed by atoms with E-state index in [0.717, 1.165) is 29.0 Å². The summed E-state index contributed by atoms with van der Waals surface area (Å²) in [6.45, 7) is 3.17. The van der Waals surface area contributed by atoms with Crippen LogP contribution in [0.25, 0.3) is 21.7 Å². The van der Waals surface area contributed by atoms with Gasteiger partial charge in [-0.25, -0.2) is 9.78 Å². The Morgan fingerprint density at radius 3 is 2.61 bits per heavy atom. The molecular formula is C49H59N4O13+. The molecule has 3 aromatic carbocycles. The lowest BCUT2D eigenvalue weighted by atomic mass is 9.63. The first kappa shape index (κ1) is 45.9. The lowest BCUT2D eigenvalue weighted by Crippen LogP contribution is -3.05. The number of ether oxygens (including phenoxy) is 1. The van der Waals surface area contributed by atoms with Gasteiger partial charge in [0.25, 0.3) is 0 Å². The normalized spacial score (nSPS) is 28.1. The minimum absolute atomic E-state index is 0.0154. The van der Waals surface area contributed by atoms with E-state index in [1.165, 1.54) is 36.4 Å². The number of fused-ring (bicyclic) bond motifs is 4. The third-order valence-electron chi connectivity index (χ3n) is 14.7. The van der Waals surface area contributed by atoms with Crippen LogP contribution in [0.15, 0.2) is 80.2 Å². The van der Waals surface area contributed by atoms with Gasteiger partial charge in [0.05, 0.1) is 12.0 Å². The molecule has 5 aliphatic rings. The van der Waals surface area contributed by atoms with Crippen molar-refractivity contribution >= 4 is 39.6 Å². The Hall–Kier alpha value is -5.21. The number of aliphatic imine (C=N–C) groups is 1. The minimum atomic E-state index is -2.42. The Kier molecular flexibility index (Phi) is 12.6. The number of aryl methyl sites for hydroxylation is 1. The number of allylic oxidation sites excluding steroid dienone is 1. The maximum atomic E-state index is 13.9. The van der Waals surface area contributed by atoms with Gasteiger partial charge < -0.3 is 55.5 Å². The number of phenols is 2. The van der Waals surface area contributed by atoms with Crippen molar-refractivity contribution in [1.82, 2.24) is 10.6 Å². The summed E-state index contributed by atoms with van der Waals surface area (Å²) >= 11 is 0. The maximum absolute atomic E-state index is 13.9. The number of rotatable bonds is 15. The fraction of sp³-hybridized carbons (Fsp3) is 0.490. The molecule has 4 aromatic rings. The van der Waals surface area contributed by atoms with Gasteiger partial charge in [-0.2, -0.15) is 0 Å². The average molecular weight is 912 g/mol. The zero-order valence-corrected chi connectivity index (χ0v) is 37.2. The summed E-state index contributed by atoms with van der Waals surface area (Å²) in [4.78, 5) is 44.7. The molecule has 17 nitrogen and oxygen atoms in total. The number of aromatic hydroxyl groups is 2. The predicted molar refractivity (Wildman–Crippen MR) is 241 cm³/mol. The van der Waals surface area contributed by atoms with Crippen LogP contribution < -0.4 is 25.7 Å². The van der Waals surface area contributed by atoms with Crippen LogP contribution >= 0.6 is 0 Å². The number of nitrogens with one attached hydrogen (secondary N) is 3. The number of phenolic OH excluding ortho intramolecular Hbond substituents is 2. The Morgan fingerprint density at radius 1 is 1.05 bits per heavy atom. The van der Waals surface area contributed by atoms with E-state index in [2.05, 4.69) is 22.5 Å². The van der Waals surface area contributed by atoms with E-state index in [9.17, 15) is 45.3 Å². The molecule has 1 aromatic heterocycles. The first-order valence-corrected chi connectivity index (χ1v) is 22.8. The molecule has 17 heteroatoms. The van der Waals surface area contributed by atoms with E-state index in [0.29, 0.717) is 82.4 Å². The SMILES string of the molecule is CCC1C2=CC=NC2=C[NH+]1c1c2c(cc3c(=O)cc(C)oc13)C[C@@H](OOC[C@@](O)(Cc1ccc(O)c3ccc(O)cc13)[C@@H](O)[C@H](O)[C@H](O)CO)[C@@]1(C[C@H]([C@@H]3CNC(=O)C3)CC[C@@H]1CNC)O2. The largest absolute Gasteiger partial charge is 0.508 e. The van der Waals surface area contributed by atoms with Gasteiger partial charge in [-0.05, 0) is 92.4 Å². The van der Waals surface area contributed by atoms with E-state index >= 15 is 0 Å². The van der Waals surface area contributed by atoms with Gasteiger partial charge in [-0.15, -0.1) is 0 Å². The molecule has 10 N–H and O–H groups in total. The van der Waals surface area contributed by atoms with E-state index in [1.807, 2.05) is 19.3 Å². The lowest BCUT2D eigenvalue weighted by Gasteiger charge is -2.53. The molecule has 2 unspecified atom stereocenters. The smallest absolute Gasteiger partial charge is 0.222 e. The molecule has 352 valence electrons. The second-order valence-electron chi connectivity index (χ2n) is 18.8. The standard InChI is InChI=1S/C49H58N4O13/c1-4-37-33-11-12-51-36(33)22-53(37)43-45-28(14-35-39(57)13-25(2)64-46(35)43)15-41(49(65-45)19-26(5-7-30(49)21-50-3)29-16-42(59)52-20-29)66-63-24-48(62,47(61)44(60)40(58)23-54)18-27-6-10-38(56)32-9-8-31(55)17-34(27)32/h6,8-14,17,22,26,29-30,37,40-41,44,47,50,54-56,58,60-62H,4-5,7,15-16,18-21,23-24H2,1-3H3,(H,52,59)/p+1/t26-,29+,30-,37?,40-,41-,44-,47+,48+,49+/m1/s1. The molecule has 1 saturated carbocycles. The van der Waals surface area contributed by atoms with Gasteiger partial charge in [-0.1, -0.05) is 13.0 Å². The summed E-state index contributed by atoms with van der Waals surface area (Å²) in [5, 5.41) is 83.7. The lowest BCUT2D eigenvalue weighted by molar-refractivity contribution is -0.793. The molecule has 5 heterocycles. The number of hydrogen-bond donors (Lipinski definition) is 10. The molecule has 0 radical (unpaired) electrons. The van der Waals surface area contributed by atoms with Gasteiger partial charge in [-0.3, -0.25) is 19.5 Å². The van der Waals surface area contributed by atoms with Gasteiger partial charge in [0, 0.05) is 73.5 Å². The Morgan fingerprint density at radius 2 is 1.86 bits per heavy atom. The number of quaternary nitrogens is 1. The molecule has 0 bridgehead atoms. The maximum Gasteiger partial charge on any atom is 0.222 e. The van der Waals surface area contributed by atoms with Gasteiger partial charge in [0.15, 0.2) is 11.2 Å². The zero-order valence-electron chi connectivity index (χ0n) is 37.2. The third kappa shape index (κ3) is 8.09. The summed E-state index contributed by atoms with van der Waals surface area (Å²) in [5.41, 5.74) is 0.171. The number of carbonyl (C=O) groups is 1. The molecule has 66 heavy (non-hydrogen) atoms. The van der Waals surface area contributed by atoms with Crippen molar-refractivity contribution in [3.63, 3.8) is 0 Å². The van der Waals surface area contributed by atoms with Crippen LogP contribution in [0.2, 0.25) is 0 Å². The predicted octanol–water partition coefficient (Wildman–Crippen LogP) is 1.64. The quantitative estimate of drug-likeness (QED) is 0.0602. The molecule has 1 saturated heterocycles. The molecule has 9 rings (SSSR count). The van der Waals surface area contributed by atoms with E-state index < -0.39 is 55.3 Å². The van der Waals surface area contributed by atoms with Crippen molar-refractivity contribution in [3.8, 4) is 17.2 Å².